The molecule has 4 aromatic rings. The van der Waals surface area contributed by atoms with E-state index in [4.69, 9.17) is 9.51 Å². The van der Waals surface area contributed by atoms with Gasteiger partial charge in [0.1, 0.15) is 11.5 Å². The molecular formula is C27H25FN4O. The number of aromatic nitrogens is 3. The van der Waals surface area contributed by atoms with Crippen LogP contribution in [0.5, 0.6) is 0 Å². The van der Waals surface area contributed by atoms with Gasteiger partial charge in [-0.1, -0.05) is 30.3 Å². The molecule has 0 aliphatic carbocycles. The van der Waals surface area contributed by atoms with Crippen molar-refractivity contribution in [3.05, 3.63) is 77.6 Å². The molecule has 0 N–H and O–H groups in total. The van der Waals surface area contributed by atoms with Crippen LogP contribution in [0.15, 0.2) is 59.1 Å². The van der Waals surface area contributed by atoms with Crippen molar-refractivity contribution in [2.45, 2.75) is 38.6 Å². The minimum atomic E-state index is -0.277. The third kappa shape index (κ3) is 2.61. The Morgan fingerprint density at radius 2 is 1.97 bits per heavy atom. The van der Waals surface area contributed by atoms with E-state index in [2.05, 4.69) is 51.9 Å². The van der Waals surface area contributed by atoms with Gasteiger partial charge < -0.3 is 9.09 Å². The molecule has 1 saturated heterocycles. The Morgan fingerprint density at radius 3 is 2.82 bits per heavy atom. The fourth-order valence-corrected chi connectivity index (χ4v) is 6.48. The van der Waals surface area contributed by atoms with Gasteiger partial charge in [0, 0.05) is 28.6 Å². The normalized spacial score (nSPS) is 24.1. The van der Waals surface area contributed by atoms with Crippen molar-refractivity contribution >= 4 is 16.6 Å². The molecule has 5 nitrogen and oxygen atoms in total. The molecule has 3 aliphatic heterocycles. The third-order valence-corrected chi connectivity index (χ3v) is 8.00. The van der Waals surface area contributed by atoms with E-state index < -0.39 is 0 Å². The highest BCUT2D eigenvalue weighted by Gasteiger charge is 2.50. The number of piperidine rings is 1. The Labute approximate surface area is 191 Å². The van der Waals surface area contributed by atoms with Crippen LogP contribution >= 0.6 is 0 Å². The van der Waals surface area contributed by atoms with Gasteiger partial charge in [-0.2, -0.15) is 4.98 Å². The molecular weight excluding hydrogens is 415 g/mol. The molecule has 6 heteroatoms. The summed E-state index contributed by atoms with van der Waals surface area (Å²) < 4.78 is 21.6. The van der Waals surface area contributed by atoms with Gasteiger partial charge in [0.15, 0.2) is 0 Å². The largest absolute Gasteiger partial charge is 0.332 e. The maximum Gasteiger partial charge on any atom is 0.274 e. The molecule has 2 aromatic heterocycles. The highest BCUT2D eigenvalue weighted by atomic mass is 19.1. The van der Waals surface area contributed by atoms with Crippen LogP contribution in [0.4, 0.5) is 4.39 Å². The SMILES string of the molecule is CC[C@@]12C=C(c3nc(-c4ccc(F)cc4)no3)n3c4c(c5ccccc53)CCN(CCC1)[C@H]42. The van der Waals surface area contributed by atoms with E-state index >= 15 is 0 Å². The second kappa shape index (κ2) is 6.87. The standard InChI is InChI=1S/C27H25FN4O/c1-2-27-13-5-14-31-15-12-20-19-6-3-4-7-21(19)32(23(20)24(27)31)22(16-27)26-29-25(30-33-26)17-8-10-18(28)11-9-17/h3-4,6-11,16,24H,2,5,12-15H2,1H3/t24-,27+/m1/s1. The van der Waals surface area contributed by atoms with Crippen LogP contribution in [-0.4, -0.2) is 32.7 Å². The van der Waals surface area contributed by atoms with E-state index in [1.165, 1.54) is 40.7 Å². The number of fused-ring (bicyclic) bond motifs is 3. The highest BCUT2D eigenvalue weighted by Crippen LogP contribution is 2.57. The summed E-state index contributed by atoms with van der Waals surface area (Å²) in [5.74, 6) is 0.724. The molecule has 3 aliphatic rings. The molecule has 0 bridgehead atoms. The average molecular weight is 441 g/mol. The van der Waals surface area contributed by atoms with Gasteiger partial charge in [0.05, 0.1) is 11.6 Å². The van der Waals surface area contributed by atoms with Crippen LogP contribution in [0, 0.1) is 11.2 Å². The summed E-state index contributed by atoms with van der Waals surface area (Å²) >= 11 is 0. The lowest BCUT2D eigenvalue weighted by Crippen LogP contribution is -2.50. The fraction of sp³-hybridized carbons (Fsp3) is 0.333. The van der Waals surface area contributed by atoms with Crippen molar-refractivity contribution in [3.63, 3.8) is 0 Å². The average Bonchev–Trinajstić information content (AvgIpc) is 3.47. The summed E-state index contributed by atoms with van der Waals surface area (Å²) in [6.07, 6.45) is 6.91. The maximum absolute atomic E-state index is 13.4. The number of rotatable bonds is 3. The Balaban J connectivity index is 1.47. The molecule has 0 radical (unpaired) electrons. The molecule has 1 fully saturated rings. The number of para-hydroxylation sites is 1. The van der Waals surface area contributed by atoms with E-state index in [-0.39, 0.29) is 11.2 Å². The van der Waals surface area contributed by atoms with Crippen LogP contribution < -0.4 is 0 Å². The summed E-state index contributed by atoms with van der Waals surface area (Å²) in [6.45, 7) is 4.58. The lowest BCUT2D eigenvalue weighted by Gasteiger charge is -2.53. The second-order valence-electron chi connectivity index (χ2n) is 9.55. The number of halogens is 1. The summed E-state index contributed by atoms with van der Waals surface area (Å²) in [5, 5.41) is 5.59. The highest BCUT2D eigenvalue weighted by molar-refractivity contribution is 5.91. The maximum atomic E-state index is 13.4. The minimum absolute atomic E-state index is 0.0532. The number of benzene rings is 2. The van der Waals surface area contributed by atoms with Gasteiger partial charge in [0.25, 0.3) is 5.89 Å². The predicted octanol–water partition coefficient (Wildman–Crippen LogP) is 5.82. The first kappa shape index (κ1) is 19.2. The van der Waals surface area contributed by atoms with Gasteiger partial charge in [-0.3, -0.25) is 4.90 Å². The van der Waals surface area contributed by atoms with Crippen LogP contribution in [0.3, 0.4) is 0 Å². The van der Waals surface area contributed by atoms with E-state index in [1.807, 2.05) is 0 Å². The lowest BCUT2D eigenvalue weighted by atomic mass is 9.66. The molecule has 2 atom stereocenters. The Bertz CT molecular complexity index is 1420. The Hall–Kier alpha value is -3.25. The Kier molecular flexibility index (Phi) is 4.01. The zero-order valence-electron chi connectivity index (χ0n) is 18.6. The molecule has 0 spiro atoms. The van der Waals surface area contributed by atoms with Gasteiger partial charge in [-0.15, -0.1) is 0 Å². The van der Waals surface area contributed by atoms with Gasteiger partial charge in [-0.05, 0) is 74.2 Å². The summed E-state index contributed by atoms with van der Waals surface area (Å²) in [7, 11) is 0. The predicted molar refractivity (Wildman–Crippen MR) is 125 cm³/mol. The van der Waals surface area contributed by atoms with Crippen LogP contribution in [0.1, 0.15) is 49.4 Å². The van der Waals surface area contributed by atoms with E-state index in [1.54, 1.807) is 12.1 Å². The zero-order valence-corrected chi connectivity index (χ0v) is 18.6. The quantitative estimate of drug-likeness (QED) is 0.403. The van der Waals surface area contributed by atoms with E-state index in [9.17, 15) is 4.39 Å². The smallest absolute Gasteiger partial charge is 0.274 e. The molecule has 166 valence electrons. The monoisotopic (exact) mass is 440 g/mol. The Morgan fingerprint density at radius 1 is 1.12 bits per heavy atom. The van der Waals surface area contributed by atoms with Gasteiger partial charge in [0.2, 0.25) is 5.82 Å². The molecule has 33 heavy (non-hydrogen) atoms. The van der Waals surface area contributed by atoms with Crippen molar-refractivity contribution in [2.75, 3.05) is 13.1 Å². The van der Waals surface area contributed by atoms with Gasteiger partial charge in [-0.25, -0.2) is 4.39 Å². The van der Waals surface area contributed by atoms with Crippen molar-refractivity contribution in [1.29, 1.82) is 0 Å². The molecule has 2 aromatic carbocycles. The third-order valence-electron chi connectivity index (χ3n) is 8.00. The number of nitrogens with zero attached hydrogens (tertiary/aromatic N) is 4. The summed E-state index contributed by atoms with van der Waals surface area (Å²) in [4.78, 5) is 7.48. The van der Waals surface area contributed by atoms with Gasteiger partial charge >= 0.3 is 0 Å². The van der Waals surface area contributed by atoms with Crippen LogP contribution in [0.25, 0.3) is 28.0 Å². The molecule has 0 saturated carbocycles. The minimum Gasteiger partial charge on any atom is -0.332 e. The topological polar surface area (TPSA) is 47.1 Å². The zero-order chi connectivity index (χ0) is 22.2. The van der Waals surface area contributed by atoms with E-state index in [0.717, 1.165) is 43.6 Å². The first-order chi connectivity index (χ1) is 16.2. The van der Waals surface area contributed by atoms with Crippen molar-refractivity contribution in [1.82, 2.24) is 19.6 Å². The molecule has 5 heterocycles. The second-order valence-corrected chi connectivity index (χ2v) is 9.55. The number of hydrogen-bond acceptors (Lipinski definition) is 4. The van der Waals surface area contributed by atoms with Crippen molar-refractivity contribution in [2.24, 2.45) is 5.41 Å². The van der Waals surface area contributed by atoms with Crippen molar-refractivity contribution < 1.29 is 8.91 Å². The number of hydrogen-bond donors (Lipinski definition) is 0. The molecule has 0 amide bonds. The lowest BCUT2D eigenvalue weighted by molar-refractivity contribution is 0.0269. The van der Waals surface area contributed by atoms with Crippen LogP contribution in [0.2, 0.25) is 0 Å². The first-order valence-electron chi connectivity index (χ1n) is 11.9. The summed E-state index contributed by atoms with van der Waals surface area (Å²) in [6, 6.07) is 15.3. The molecule has 7 rings (SSSR count). The summed E-state index contributed by atoms with van der Waals surface area (Å²) in [5.41, 5.74) is 5.85. The van der Waals surface area contributed by atoms with Crippen molar-refractivity contribution in [3.8, 4) is 11.4 Å². The molecule has 0 unspecified atom stereocenters. The first-order valence-corrected chi connectivity index (χ1v) is 11.9. The van der Waals surface area contributed by atoms with Crippen LogP contribution in [-0.2, 0) is 6.42 Å². The van der Waals surface area contributed by atoms with E-state index in [0.29, 0.717) is 17.8 Å². The fourth-order valence-electron chi connectivity index (χ4n) is 6.48.